The Morgan fingerprint density at radius 2 is 1.78 bits per heavy atom. The van der Waals surface area contributed by atoms with Crippen LogP contribution in [0.3, 0.4) is 0 Å². The maximum absolute atomic E-state index is 12.0. The Morgan fingerprint density at radius 1 is 1.11 bits per heavy atom. The molecule has 1 saturated carbocycles. The first-order chi connectivity index (χ1) is 17.3. The van der Waals surface area contributed by atoms with Crippen LogP contribution >= 0.6 is 0 Å². The van der Waals surface area contributed by atoms with Crippen molar-refractivity contribution in [1.82, 2.24) is 4.98 Å². The number of hydrogen-bond donors (Lipinski definition) is 2. The highest BCUT2D eigenvalue weighted by Crippen LogP contribution is 2.43. The van der Waals surface area contributed by atoms with E-state index < -0.39 is 11.5 Å². The van der Waals surface area contributed by atoms with Crippen LogP contribution in [-0.2, 0) is 12.1 Å². The largest absolute Gasteiger partial charge is 1.00 e. The first kappa shape index (κ1) is 28.9. The number of amides is 1. The van der Waals surface area contributed by atoms with Gasteiger partial charge in [0.2, 0.25) is 11.8 Å². The number of ether oxygens (including phenoxy) is 1. The number of aliphatic hydroxyl groups is 1. The minimum Gasteiger partial charge on any atom is -1.00 e. The van der Waals surface area contributed by atoms with E-state index in [0.717, 1.165) is 50.0 Å². The molecule has 8 heteroatoms. The molecule has 200 valence electrons. The molecule has 3 aromatic rings. The molecule has 0 saturated heterocycles. The molecule has 1 aromatic heterocycles. The van der Waals surface area contributed by atoms with Gasteiger partial charge in [0, 0.05) is 17.9 Å². The Kier molecular flexibility index (Phi) is 9.93. The summed E-state index contributed by atoms with van der Waals surface area (Å²) < 4.78 is 12.8. The van der Waals surface area contributed by atoms with Gasteiger partial charge in [0.05, 0.1) is 33.4 Å². The number of carbonyl (C=O) groups excluding carboxylic acids is 1. The highest BCUT2D eigenvalue weighted by atomic mass is 79.9. The smallest absolute Gasteiger partial charge is 0.248 e. The topological polar surface area (TPSA) is 98.6 Å². The lowest BCUT2D eigenvalue weighted by molar-refractivity contribution is -0.904. The molecular weight excluding hydrogens is 534 g/mol. The van der Waals surface area contributed by atoms with Crippen LogP contribution in [0, 0.1) is 5.92 Å². The van der Waals surface area contributed by atoms with Crippen molar-refractivity contribution in [3.05, 3.63) is 83.6 Å². The van der Waals surface area contributed by atoms with Crippen LogP contribution in [0.2, 0.25) is 0 Å². The Labute approximate surface area is 230 Å². The number of rotatable bonds is 11. The maximum Gasteiger partial charge on any atom is 0.248 e. The Morgan fingerprint density at radius 3 is 2.43 bits per heavy atom. The van der Waals surface area contributed by atoms with Crippen molar-refractivity contribution < 1.29 is 40.5 Å². The number of aromatic nitrogens is 1. The third-order valence-corrected chi connectivity index (χ3v) is 7.19. The average Bonchev–Trinajstić information content (AvgIpc) is 3.35. The summed E-state index contributed by atoms with van der Waals surface area (Å²) >= 11 is 0. The molecular formula is C29H38BrN3O4. The fourth-order valence-electron chi connectivity index (χ4n) is 5.20. The number of nitrogens with two attached hydrogens (primary N) is 1. The van der Waals surface area contributed by atoms with Crippen molar-refractivity contribution in [2.45, 2.75) is 50.7 Å². The van der Waals surface area contributed by atoms with Gasteiger partial charge < -0.3 is 41.5 Å². The third kappa shape index (κ3) is 7.21. The minimum absolute atomic E-state index is 0. The van der Waals surface area contributed by atoms with Gasteiger partial charge in [-0.05, 0) is 42.7 Å². The van der Waals surface area contributed by atoms with Gasteiger partial charge in [-0.1, -0.05) is 49.6 Å². The SMILES string of the molecule is C[N+](C)(CCCOc1ccc(C(N)=O)cc1)Cc1cnc([C@](O)(c2ccccc2)C2CCCCC2)o1.[Br-]. The Hall–Kier alpha value is -2.68. The predicted octanol–water partition coefficient (Wildman–Crippen LogP) is 1.64. The van der Waals surface area contributed by atoms with Crippen LogP contribution in [0.4, 0.5) is 0 Å². The lowest BCUT2D eigenvalue weighted by Crippen LogP contribution is -3.00. The highest BCUT2D eigenvalue weighted by Gasteiger charge is 2.44. The predicted molar refractivity (Wildman–Crippen MR) is 138 cm³/mol. The highest BCUT2D eigenvalue weighted by molar-refractivity contribution is 5.92. The fraction of sp³-hybridized carbons (Fsp3) is 0.448. The number of halogens is 1. The number of carbonyl (C=O) groups is 1. The summed E-state index contributed by atoms with van der Waals surface area (Å²) in [5.41, 5.74) is 5.38. The van der Waals surface area contributed by atoms with E-state index in [0.29, 0.717) is 34.8 Å². The molecule has 1 fully saturated rings. The number of quaternary nitrogens is 1. The molecule has 1 heterocycles. The van der Waals surface area contributed by atoms with E-state index in [2.05, 4.69) is 19.1 Å². The van der Waals surface area contributed by atoms with E-state index in [1.807, 2.05) is 30.3 Å². The summed E-state index contributed by atoms with van der Waals surface area (Å²) in [5.74, 6) is 1.53. The van der Waals surface area contributed by atoms with Crippen LogP contribution in [0.1, 0.15) is 66.1 Å². The molecule has 4 rings (SSSR count). The molecule has 0 spiro atoms. The second-order valence-electron chi connectivity index (χ2n) is 10.5. The van der Waals surface area contributed by atoms with Gasteiger partial charge >= 0.3 is 0 Å². The zero-order valence-electron chi connectivity index (χ0n) is 21.7. The number of primary amides is 1. The van der Waals surface area contributed by atoms with E-state index in [9.17, 15) is 9.90 Å². The molecule has 1 aliphatic rings. The average molecular weight is 573 g/mol. The van der Waals surface area contributed by atoms with Crippen molar-refractivity contribution in [3.8, 4) is 5.75 Å². The van der Waals surface area contributed by atoms with E-state index in [4.69, 9.17) is 14.9 Å². The van der Waals surface area contributed by atoms with Crippen molar-refractivity contribution >= 4 is 5.91 Å². The lowest BCUT2D eigenvalue weighted by atomic mass is 9.73. The van der Waals surface area contributed by atoms with Gasteiger partial charge in [-0.2, -0.15) is 0 Å². The molecule has 1 amide bonds. The Balaban J connectivity index is 0.00000380. The summed E-state index contributed by atoms with van der Waals surface area (Å²) in [7, 11) is 4.29. The lowest BCUT2D eigenvalue weighted by Gasteiger charge is -2.36. The summed E-state index contributed by atoms with van der Waals surface area (Å²) in [6, 6.07) is 16.7. The molecule has 1 aliphatic carbocycles. The van der Waals surface area contributed by atoms with E-state index in [1.165, 1.54) is 6.42 Å². The maximum atomic E-state index is 12.0. The van der Waals surface area contributed by atoms with Crippen LogP contribution in [-0.4, -0.2) is 47.7 Å². The normalized spacial score (nSPS) is 16.0. The quantitative estimate of drug-likeness (QED) is 0.269. The molecule has 0 aliphatic heterocycles. The van der Waals surface area contributed by atoms with Crippen molar-refractivity contribution in [1.29, 1.82) is 0 Å². The van der Waals surface area contributed by atoms with Crippen molar-refractivity contribution in [3.63, 3.8) is 0 Å². The van der Waals surface area contributed by atoms with Gasteiger partial charge in [-0.25, -0.2) is 4.98 Å². The van der Waals surface area contributed by atoms with E-state index >= 15 is 0 Å². The first-order valence-corrected chi connectivity index (χ1v) is 12.9. The zero-order valence-corrected chi connectivity index (χ0v) is 23.3. The zero-order chi connectivity index (χ0) is 25.6. The summed E-state index contributed by atoms with van der Waals surface area (Å²) in [6.45, 7) is 2.10. The second-order valence-corrected chi connectivity index (χ2v) is 10.5. The van der Waals surface area contributed by atoms with E-state index in [1.54, 1.807) is 30.5 Å². The standard InChI is InChI=1S/C29H37N3O4.BrH/c1-32(2,18-9-19-35-25-16-14-22(15-17-25)27(30)33)21-26-20-31-28(36-26)29(34,23-10-5-3-6-11-23)24-12-7-4-8-13-24;/h3,5-6,10-11,14-17,20,24,34H,4,7-9,12-13,18-19,21H2,1-2H3,(H-,30,33);1H/t29-;/m0./s1. The number of oxazole rings is 1. The molecule has 0 bridgehead atoms. The second kappa shape index (κ2) is 12.7. The van der Waals surface area contributed by atoms with Crippen LogP contribution in [0.25, 0.3) is 0 Å². The minimum atomic E-state index is -1.21. The molecule has 3 N–H and O–H groups in total. The molecule has 0 unspecified atom stereocenters. The Bertz CT molecular complexity index is 1130. The van der Waals surface area contributed by atoms with Gasteiger partial charge in [0.1, 0.15) is 12.3 Å². The molecule has 7 nitrogen and oxygen atoms in total. The first-order valence-electron chi connectivity index (χ1n) is 12.9. The summed E-state index contributed by atoms with van der Waals surface area (Å²) in [6.07, 6.45) is 8.01. The van der Waals surface area contributed by atoms with Crippen molar-refractivity contribution in [2.75, 3.05) is 27.2 Å². The number of nitrogens with zero attached hydrogens (tertiary/aromatic N) is 2. The number of benzene rings is 2. The van der Waals surface area contributed by atoms with Crippen LogP contribution in [0.5, 0.6) is 5.75 Å². The van der Waals surface area contributed by atoms with Gasteiger partial charge in [0.25, 0.3) is 0 Å². The van der Waals surface area contributed by atoms with Gasteiger partial charge in [0.15, 0.2) is 11.4 Å². The van der Waals surface area contributed by atoms with Crippen LogP contribution < -0.4 is 27.5 Å². The monoisotopic (exact) mass is 571 g/mol. The van der Waals surface area contributed by atoms with Crippen LogP contribution in [0.15, 0.2) is 65.2 Å². The number of hydrogen-bond acceptors (Lipinski definition) is 5. The summed E-state index contributed by atoms with van der Waals surface area (Å²) in [4.78, 5) is 15.8. The molecule has 37 heavy (non-hydrogen) atoms. The third-order valence-electron chi connectivity index (χ3n) is 7.19. The van der Waals surface area contributed by atoms with Crippen molar-refractivity contribution in [2.24, 2.45) is 11.7 Å². The molecule has 0 radical (unpaired) electrons. The fourth-order valence-corrected chi connectivity index (χ4v) is 5.20. The van der Waals surface area contributed by atoms with Gasteiger partial charge in [-0.15, -0.1) is 0 Å². The molecule has 1 atom stereocenters. The van der Waals surface area contributed by atoms with Gasteiger partial charge in [-0.3, -0.25) is 4.79 Å². The van der Waals surface area contributed by atoms with E-state index in [-0.39, 0.29) is 22.9 Å². The summed E-state index contributed by atoms with van der Waals surface area (Å²) in [5, 5.41) is 12.0. The molecule has 2 aromatic carbocycles.